The van der Waals surface area contributed by atoms with E-state index in [1.165, 1.54) is 0 Å². The van der Waals surface area contributed by atoms with Crippen LogP contribution in [0.15, 0.2) is 0 Å². The van der Waals surface area contributed by atoms with Gasteiger partial charge in [0.05, 0.1) is 13.2 Å². The molecule has 17 heavy (non-hydrogen) atoms. The van der Waals surface area contributed by atoms with Crippen molar-refractivity contribution in [1.82, 2.24) is 10.2 Å². The van der Waals surface area contributed by atoms with Gasteiger partial charge in [-0.25, -0.2) is 0 Å². The molecule has 5 nitrogen and oxygen atoms in total. The first-order valence-electron chi connectivity index (χ1n) is 6.26. The molecule has 0 aromatic rings. The number of nitrogens with one attached hydrogen (secondary N) is 1. The van der Waals surface area contributed by atoms with Gasteiger partial charge >= 0.3 is 0 Å². The monoisotopic (exact) mass is 242 g/mol. The Bertz CT molecular complexity index is 281. The zero-order chi connectivity index (χ0) is 12.8. The summed E-state index contributed by atoms with van der Waals surface area (Å²) in [6.07, 6.45) is 0.871. The van der Waals surface area contributed by atoms with Crippen molar-refractivity contribution in [2.24, 2.45) is 5.92 Å². The average molecular weight is 242 g/mol. The molecule has 0 aromatic heterocycles. The van der Waals surface area contributed by atoms with Crippen molar-refractivity contribution < 1.29 is 14.3 Å². The fourth-order valence-electron chi connectivity index (χ4n) is 1.86. The van der Waals surface area contributed by atoms with E-state index in [1.54, 1.807) is 4.90 Å². The van der Waals surface area contributed by atoms with Gasteiger partial charge in [-0.15, -0.1) is 0 Å². The van der Waals surface area contributed by atoms with Crippen LogP contribution in [-0.2, 0) is 14.3 Å². The van der Waals surface area contributed by atoms with Gasteiger partial charge < -0.3 is 15.0 Å². The second-order valence-corrected chi connectivity index (χ2v) is 4.39. The Morgan fingerprint density at radius 1 is 1.47 bits per heavy atom. The van der Waals surface area contributed by atoms with Crippen molar-refractivity contribution in [2.45, 2.75) is 33.2 Å². The van der Waals surface area contributed by atoms with Crippen LogP contribution in [0.3, 0.4) is 0 Å². The summed E-state index contributed by atoms with van der Waals surface area (Å²) in [4.78, 5) is 25.2. The first-order chi connectivity index (χ1) is 8.10. The molecule has 1 aliphatic rings. The predicted octanol–water partition coefficient (Wildman–Crippen LogP) is 0.396. The summed E-state index contributed by atoms with van der Waals surface area (Å²) in [6.45, 7) is 7.67. The smallest absolute Gasteiger partial charge is 0.245 e. The fourth-order valence-corrected chi connectivity index (χ4v) is 1.86. The molecule has 0 bridgehead atoms. The second kappa shape index (κ2) is 6.59. The standard InChI is InChI=1S/C12H22N2O3/c1-4-9(3)11-12(16)14(6-7-17-5-2)8-10(15)13-11/h9,11H,4-8H2,1-3H3,(H,13,15). The maximum atomic E-state index is 12.1. The van der Waals surface area contributed by atoms with Crippen molar-refractivity contribution in [3.05, 3.63) is 0 Å². The number of nitrogens with zero attached hydrogens (tertiary/aromatic N) is 1. The summed E-state index contributed by atoms with van der Waals surface area (Å²) in [7, 11) is 0. The van der Waals surface area contributed by atoms with E-state index < -0.39 is 0 Å². The molecular weight excluding hydrogens is 220 g/mol. The van der Waals surface area contributed by atoms with E-state index >= 15 is 0 Å². The molecule has 1 N–H and O–H groups in total. The van der Waals surface area contributed by atoms with Gasteiger partial charge in [0.1, 0.15) is 6.04 Å². The molecular formula is C12H22N2O3. The van der Waals surface area contributed by atoms with Crippen LogP contribution in [0.4, 0.5) is 0 Å². The lowest BCUT2D eigenvalue weighted by molar-refractivity contribution is -0.146. The van der Waals surface area contributed by atoms with E-state index in [4.69, 9.17) is 4.74 Å². The summed E-state index contributed by atoms with van der Waals surface area (Å²) >= 11 is 0. The van der Waals surface area contributed by atoms with Crippen LogP contribution in [0, 0.1) is 5.92 Å². The highest BCUT2D eigenvalue weighted by atomic mass is 16.5. The van der Waals surface area contributed by atoms with Crippen LogP contribution < -0.4 is 5.32 Å². The normalized spacial score (nSPS) is 22.5. The molecule has 5 heteroatoms. The highest BCUT2D eigenvalue weighted by molar-refractivity contribution is 5.95. The minimum Gasteiger partial charge on any atom is -0.380 e. The molecule has 0 saturated carbocycles. The van der Waals surface area contributed by atoms with Crippen LogP contribution in [0.25, 0.3) is 0 Å². The Morgan fingerprint density at radius 2 is 2.18 bits per heavy atom. The van der Waals surface area contributed by atoms with Gasteiger partial charge in [-0.1, -0.05) is 20.3 Å². The van der Waals surface area contributed by atoms with Gasteiger partial charge in [-0.3, -0.25) is 9.59 Å². The molecule has 1 rings (SSSR count). The van der Waals surface area contributed by atoms with Crippen molar-refractivity contribution in [3.8, 4) is 0 Å². The third kappa shape index (κ3) is 3.70. The van der Waals surface area contributed by atoms with Gasteiger partial charge in [-0.05, 0) is 12.8 Å². The molecule has 2 amide bonds. The number of piperazine rings is 1. The number of amides is 2. The minimum absolute atomic E-state index is 0.0126. The summed E-state index contributed by atoms with van der Waals surface area (Å²) in [5.74, 6) is 0.103. The van der Waals surface area contributed by atoms with E-state index in [0.717, 1.165) is 6.42 Å². The molecule has 2 atom stereocenters. The number of hydrogen-bond donors (Lipinski definition) is 1. The molecule has 1 fully saturated rings. The Hall–Kier alpha value is -1.10. The van der Waals surface area contributed by atoms with Crippen molar-refractivity contribution in [1.29, 1.82) is 0 Å². The Kier molecular flexibility index (Phi) is 5.41. The number of rotatable bonds is 6. The summed E-state index contributed by atoms with van der Waals surface area (Å²) in [5.41, 5.74) is 0. The molecule has 2 unspecified atom stereocenters. The largest absolute Gasteiger partial charge is 0.380 e. The third-order valence-electron chi connectivity index (χ3n) is 3.15. The molecule has 1 aliphatic heterocycles. The quantitative estimate of drug-likeness (QED) is 0.686. The maximum absolute atomic E-state index is 12.1. The fraction of sp³-hybridized carbons (Fsp3) is 0.833. The lowest BCUT2D eigenvalue weighted by atomic mass is 9.96. The van der Waals surface area contributed by atoms with Crippen molar-refractivity contribution in [3.63, 3.8) is 0 Å². The number of carbonyl (C=O) groups is 2. The van der Waals surface area contributed by atoms with Crippen molar-refractivity contribution in [2.75, 3.05) is 26.3 Å². The molecule has 1 saturated heterocycles. The maximum Gasteiger partial charge on any atom is 0.245 e. The van der Waals surface area contributed by atoms with Crippen LogP contribution in [0.1, 0.15) is 27.2 Å². The Balaban J connectivity index is 2.58. The molecule has 0 radical (unpaired) electrons. The highest BCUT2D eigenvalue weighted by Gasteiger charge is 2.34. The third-order valence-corrected chi connectivity index (χ3v) is 3.15. The van der Waals surface area contributed by atoms with E-state index in [0.29, 0.717) is 19.8 Å². The van der Waals surface area contributed by atoms with Crippen molar-refractivity contribution >= 4 is 11.8 Å². The van der Waals surface area contributed by atoms with Gasteiger partial charge in [0.15, 0.2) is 0 Å². The molecule has 0 spiro atoms. The summed E-state index contributed by atoms with van der Waals surface area (Å²) in [5, 5.41) is 2.77. The van der Waals surface area contributed by atoms with Crippen LogP contribution >= 0.6 is 0 Å². The SMILES string of the molecule is CCOCCN1CC(=O)NC(C(C)CC)C1=O. The molecule has 1 heterocycles. The number of carbonyl (C=O) groups excluding carboxylic acids is 2. The average Bonchev–Trinajstić information content (AvgIpc) is 2.32. The first kappa shape index (κ1) is 14.0. The zero-order valence-corrected chi connectivity index (χ0v) is 10.9. The van der Waals surface area contributed by atoms with Crippen LogP contribution in [-0.4, -0.2) is 49.1 Å². The van der Waals surface area contributed by atoms with Crippen LogP contribution in [0.5, 0.6) is 0 Å². The topological polar surface area (TPSA) is 58.6 Å². The van der Waals surface area contributed by atoms with E-state index in [1.807, 2.05) is 20.8 Å². The lowest BCUT2D eigenvalue weighted by Crippen LogP contribution is -2.60. The molecule has 0 aliphatic carbocycles. The van der Waals surface area contributed by atoms with Gasteiger partial charge in [0.2, 0.25) is 11.8 Å². The van der Waals surface area contributed by atoms with Gasteiger partial charge in [-0.2, -0.15) is 0 Å². The summed E-state index contributed by atoms with van der Waals surface area (Å²) < 4.78 is 5.22. The minimum atomic E-state index is -0.372. The van der Waals surface area contributed by atoms with E-state index in [9.17, 15) is 9.59 Å². The lowest BCUT2D eigenvalue weighted by Gasteiger charge is -2.35. The number of hydrogen-bond acceptors (Lipinski definition) is 3. The van der Waals surface area contributed by atoms with E-state index in [2.05, 4.69) is 5.32 Å². The highest BCUT2D eigenvalue weighted by Crippen LogP contribution is 2.13. The van der Waals surface area contributed by atoms with Gasteiger partial charge in [0, 0.05) is 13.2 Å². The Morgan fingerprint density at radius 3 is 2.76 bits per heavy atom. The zero-order valence-electron chi connectivity index (χ0n) is 10.9. The second-order valence-electron chi connectivity index (χ2n) is 4.39. The van der Waals surface area contributed by atoms with Crippen LogP contribution in [0.2, 0.25) is 0 Å². The molecule has 0 aromatic carbocycles. The molecule has 98 valence electrons. The summed E-state index contributed by atoms with van der Waals surface area (Å²) in [6, 6.07) is -0.372. The number of ether oxygens (including phenoxy) is 1. The first-order valence-corrected chi connectivity index (χ1v) is 6.26. The predicted molar refractivity (Wildman–Crippen MR) is 64.5 cm³/mol. The van der Waals surface area contributed by atoms with Gasteiger partial charge in [0.25, 0.3) is 0 Å². The Labute approximate surface area is 102 Å². The van der Waals surface area contributed by atoms with E-state index in [-0.39, 0.29) is 30.3 Å².